The van der Waals surface area contributed by atoms with E-state index in [4.69, 9.17) is 22.2 Å². The standard InChI is InChI=1S/C10H10N2O2S/c1-2-14-9(13)4-7-3-8(5-11)10(15)12-6-7/h3,6H,2,4H2,1H3,(H,12,15). The third kappa shape index (κ3) is 3.18. The fourth-order valence-corrected chi connectivity index (χ4v) is 1.26. The van der Waals surface area contributed by atoms with Crippen molar-refractivity contribution in [3.8, 4) is 6.07 Å². The molecule has 1 aromatic heterocycles. The van der Waals surface area contributed by atoms with Crippen LogP contribution in [0.2, 0.25) is 0 Å². The number of pyridine rings is 1. The van der Waals surface area contributed by atoms with Crippen molar-refractivity contribution in [1.82, 2.24) is 4.98 Å². The topological polar surface area (TPSA) is 65.9 Å². The average molecular weight is 222 g/mol. The molecule has 0 aliphatic carbocycles. The van der Waals surface area contributed by atoms with Crippen LogP contribution in [0.15, 0.2) is 12.3 Å². The van der Waals surface area contributed by atoms with Crippen LogP contribution in [0.1, 0.15) is 18.1 Å². The molecule has 1 N–H and O–H groups in total. The van der Waals surface area contributed by atoms with Crippen LogP contribution in [0, 0.1) is 16.0 Å². The van der Waals surface area contributed by atoms with E-state index in [0.717, 1.165) is 0 Å². The second-order valence-corrected chi connectivity index (χ2v) is 3.25. The highest BCUT2D eigenvalue weighted by molar-refractivity contribution is 7.71. The van der Waals surface area contributed by atoms with Gasteiger partial charge in [-0.25, -0.2) is 0 Å². The van der Waals surface area contributed by atoms with E-state index in [1.807, 2.05) is 6.07 Å². The molecule has 0 amide bonds. The Bertz CT molecular complexity index is 459. The van der Waals surface area contributed by atoms with Gasteiger partial charge in [0, 0.05) is 6.20 Å². The predicted octanol–water partition coefficient (Wildman–Crippen LogP) is 1.72. The Labute approximate surface area is 92.5 Å². The van der Waals surface area contributed by atoms with Crippen molar-refractivity contribution in [1.29, 1.82) is 5.26 Å². The van der Waals surface area contributed by atoms with Gasteiger partial charge in [0.05, 0.1) is 18.6 Å². The molecule has 1 rings (SSSR count). The van der Waals surface area contributed by atoms with E-state index in [1.54, 1.807) is 19.2 Å². The Morgan fingerprint density at radius 3 is 3.07 bits per heavy atom. The molecular formula is C10H10N2O2S. The molecule has 0 aromatic carbocycles. The van der Waals surface area contributed by atoms with E-state index in [0.29, 0.717) is 22.4 Å². The first-order valence-electron chi connectivity index (χ1n) is 4.44. The smallest absolute Gasteiger partial charge is 0.310 e. The van der Waals surface area contributed by atoms with Crippen molar-refractivity contribution < 1.29 is 9.53 Å². The lowest BCUT2D eigenvalue weighted by Crippen LogP contribution is -2.07. The summed E-state index contributed by atoms with van der Waals surface area (Å²) in [6.07, 6.45) is 1.76. The summed E-state index contributed by atoms with van der Waals surface area (Å²) in [5.74, 6) is -0.313. The number of rotatable bonds is 3. The highest BCUT2D eigenvalue weighted by atomic mass is 32.1. The lowest BCUT2D eigenvalue weighted by atomic mass is 10.1. The van der Waals surface area contributed by atoms with Crippen molar-refractivity contribution in [2.45, 2.75) is 13.3 Å². The zero-order valence-corrected chi connectivity index (χ0v) is 9.06. The number of nitrogens with zero attached hydrogens (tertiary/aromatic N) is 1. The molecule has 5 heteroatoms. The zero-order chi connectivity index (χ0) is 11.3. The predicted molar refractivity (Wildman–Crippen MR) is 56.7 cm³/mol. The van der Waals surface area contributed by atoms with Gasteiger partial charge in [-0.05, 0) is 18.6 Å². The molecule has 1 aromatic rings. The number of esters is 1. The Morgan fingerprint density at radius 1 is 1.73 bits per heavy atom. The second-order valence-electron chi connectivity index (χ2n) is 2.84. The first-order valence-corrected chi connectivity index (χ1v) is 4.85. The van der Waals surface area contributed by atoms with Gasteiger partial charge in [-0.3, -0.25) is 4.79 Å². The molecule has 0 saturated carbocycles. The zero-order valence-electron chi connectivity index (χ0n) is 8.24. The molecule has 0 atom stereocenters. The molecule has 0 saturated heterocycles. The molecule has 0 bridgehead atoms. The normalized spacial score (nSPS) is 9.33. The van der Waals surface area contributed by atoms with E-state index in [9.17, 15) is 4.79 Å². The van der Waals surface area contributed by atoms with Gasteiger partial charge in [-0.15, -0.1) is 0 Å². The summed E-state index contributed by atoms with van der Waals surface area (Å²) in [4.78, 5) is 13.9. The molecule has 0 unspecified atom stereocenters. The maximum Gasteiger partial charge on any atom is 0.310 e. The van der Waals surface area contributed by atoms with Crippen LogP contribution in [0.4, 0.5) is 0 Å². The lowest BCUT2D eigenvalue weighted by Gasteiger charge is -2.02. The minimum atomic E-state index is -0.313. The molecule has 15 heavy (non-hydrogen) atoms. The maximum atomic E-state index is 11.2. The minimum Gasteiger partial charge on any atom is -0.466 e. The summed E-state index contributed by atoms with van der Waals surface area (Å²) in [6.45, 7) is 2.10. The summed E-state index contributed by atoms with van der Waals surface area (Å²) in [5, 5.41) is 8.73. The third-order valence-electron chi connectivity index (χ3n) is 1.74. The first-order chi connectivity index (χ1) is 7.17. The Kier molecular flexibility index (Phi) is 4.01. The van der Waals surface area contributed by atoms with Gasteiger partial charge in [0.15, 0.2) is 0 Å². The van der Waals surface area contributed by atoms with Crippen LogP contribution >= 0.6 is 12.2 Å². The number of carbonyl (C=O) groups is 1. The second kappa shape index (κ2) is 5.27. The van der Waals surface area contributed by atoms with Gasteiger partial charge in [0.25, 0.3) is 0 Å². The van der Waals surface area contributed by atoms with Crippen LogP contribution in [-0.2, 0) is 16.0 Å². The van der Waals surface area contributed by atoms with Gasteiger partial charge in [0.1, 0.15) is 10.7 Å². The summed E-state index contributed by atoms with van der Waals surface area (Å²) in [5.41, 5.74) is 1.06. The number of aromatic nitrogens is 1. The largest absolute Gasteiger partial charge is 0.466 e. The lowest BCUT2D eigenvalue weighted by molar-refractivity contribution is -0.142. The van der Waals surface area contributed by atoms with Crippen LogP contribution in [0.3, 0.4) is 0 Å². The van der Waals surface area contributed by atoms with E-state index < -0.39 is 0 Å². The van der Waals surface area contributed by atoms with Crippen molar-refractivity contribution in [2.75, 3.05) is 6.61 Å². The van der Waals surface area contributed by atoms with Crippen LogP contribution < -0.4 is 0 Å². The van der Waals surface area contributed by atoms with Crippen molar-refractivity contribution in [3.63, 3.8) is 0 Å². The number of ether oxygens (including phenoxy) is 1. The SMILES string of the molecule is CCOC(=O)Cc1c[nH]c(=S)c(C#N)c1. The summed E-state index contributed by atoms with van der Waals surface area (Å²) >= 11 is 4.88. The molecule has 0 radical (unpaired) electrons. The van der Waals surface area contributed by atoms with E-state index in [1.165, 1.54) is 0 Å². The minimum absolute atomic E-state index is 0.147. The Balaban J connectivity index is 2.84. The molecule has 0 aliphatic heterocycles. The van der Waals surface area contributed by atoms with Crippen LogP contribution in [0.5, 0.6) is 0 Å². The van der Waals surface area contributed by atoms with E-state index >= 15 is 0 Å². The van der Waals surface area contributed by atoms with Crippen LogP contribution in [-0.4, -0.2) is 17.6 Å². The molecule has 1 heterocycles. The summed E-state index contributed by atoms with van der Waals surface area (Å²) in [6, 6.07) is 3.55. The van der Waals surface area contributed by atoms with Gasteiger partial charge < -0.3 is 9.72 Å². The van der Waals surface area contributed by atoms with E-state index in [2.05, 4.69) is 4.98 Å². The maximum absolute atomic E-state index is 11.2. The van der Waals surface area contributed by atoms with Crippen molar-refractivity contribution >= 4 is 18.2 Å². The summed E-state index contributed by atoms with van der Waals surface area (Å²) < 4.78 is 5.17. The molecule has 78 valence electrons. The van der Waals surface area contributed by atoms with Crippen LogP contribution in [0.25, 0.3) is 0 Å². The Hall–Kier alpha value is -1.67. The Morgan fingerprint density at radius 2 is 2.47 bits per heavy atom. The molecule has 0 aliphatic rings. The van der Waals surface area contributed by atoms with Gasteiger partial charge in [0.2, 0.25) is 0 Å². The van der Waals surface area contributed by atoms with Gasteiger partial charge in [-0.1, -0.05) is 12.2 Å². The number of nitrogens with one attached hydrogen (secondary N) is 1. The molecule has 4 nitrogen and oxygen atoms in total. The molecular weight excluding hydrogens is 212 g/mol. The highest BCUT2D eigenvalue weighted by Crippen LogP contribution is 2.05. The number of H-pyrrole nitrogens is 1. The fourth-order valence-electron chi connectivity index (χ4n) is 1.09. The number of hydrogen-bond acceptors (Lipinski definition) is 4. The fraction of sp³-hybridized carbons (Fsp3) is 0.300. The van der Waals surface area contributed by atoms with Crippen molar-refractivity contribution in [2.24, 2.45) is 0 Å². The van der Waals surface area contributed by atoms with E-state index in [-0.39, 0.29) is 12.4 Å². The number of aromatic amines is 1. The number of carbonyl (C=O) groups excluding carboxylic acids is 1. The van der Waals surface area contributed by atoms with Crippen molar-refractivity contribution in [3.05, 3.63) is 28.0 Å². The average Bonchev–Trinajstić information content (AvgIpc) is 2.21. The molecule has 0 fully saturated rings. The van der Waals surface area contributed by atoms with Gasteiger partial charge in [-0.2, -0.15) is 5.26 Å². The third-order valence-corrected chi connectivity index (χ3v) is 2.08. The molecule has 0 spiro atoms. The number of hydrogen-bond donors (Lipinski definition) is 1. The quantitative estimate of drug-likeness (QED) is 0.624. The highest BCUT2D eigenvalue weighted by Gasteiger charge is 2.05. The monoisotopic (exact) mass is 222 g/mol. The summed E-state index contributed by atoms with van der Waals surface area (Å²) in [7, 11) is 0. The van der Waals surface area contributed by atoms with Gasteiger partial charge >= 0.3 is 5.97 Å². The number of nitriles is 1. The first kappa shape index (κ1) is 11.4.